The van der Waals surface area contributed by atoms with Gasteiger partial charge < -0.3 is 5.32 Å². The molecule has 1 N–H and O–H groups in total. The maximum absolute atomic E-state index is 12.4. The first-order valence-electron chi connectivity index (χ1n) is 9.07. The van der Waals surface area contributed by atoms with Crippen LogP contribution in [0, 0.1) is 0 Å². The molecule has 1 saturated heterocycles. The van der Waals surface area contributed by atoms with Gasteiger partial charge >= 0.3 is 0 Å². The number of hydrogen-bond acceptors (Lipinski definition) is 6. The molecule has 2 aromatic rings. The SMILES string of the molecule is C[C@@H](C(=O)NC(C)(C)C)N1CCN(Cc2csc(-c3ccsc3)n2)CC1. The van der Waals surface area contributed by atoms with Gasteiger partial charge in [0.25, 0.3) is 0 Å². The third kappa shape index (κ3) is 5.13. The Morgan fingerprint density at radius 3 is 2.62 bits per heavy atom. The van der Waals surface area contributed by atoms with Crippen molar-refractivity contribution in [3.05, 3.63) is 27.9 Å². The van der Waals surface area contributed by atoms with Gasteiger partial charge in [-0.05, 0) is 39.1 Å². The molecule has 0 spiro atoms. The molecule has 2 aromatic heterocycles. The van der Waals surface area contributed by atoms with E-state index in [0.717, 1.165) is 43.4 Å². The zero-order valence-corrected chi connectivity index (χ0v) is 17.6. The Balaban J connectivity index is 1.49. The molecule has 0 bridgehead atoms. The van der Waals surface area contributed by atoms with E-state index in [-0.39, 0.29) is 17.5 Å². The van der Waals surface area contributed by atoms with Crippen molar-refractivity contribution in [3.63, 3.8) is 0 Å². The molecule has 1 aliphatic rings. The number of aromatic nitrogens is 1. The molecular weight excluding hydrogens is 364 g/mol. The van der Waals surface area contributed by atoms with Crippen LogP contribution in [0.15, 0.2) is 22.2 Å². The van der Waals surface area contributed by atoms with E-state index in [1.165, 1.54) is 5.56 Å². The average Bonchev–Trinajstić information content (AvgIpc) is 3.24. The molecular formula is C19H28N4OS2. The molecule has 0 radical (unpaired) electrons. The molecule has 0 unspecified atom stereocenters. The van der Waals surface area contributed by atoms with Gasteiger partial charge in [0.2, 0.25) is 5.91 Å². The van der Waals surface area contributed by atoms with Crippen molar-refractivity contribution in [1.82, 2.24) is 20.1 Å². The van der Waals surface area contributed by atoms with Gasteiger partial charge in [0.15, 0.2) is 0 Å². The van der Waals surface area contributed by atoms with Crippen LogP contribution < -0.4 is 5.32 Å². The lowest BCUT2D eigenvalue weighted by molar-refractivity contribution is -0.128. The fraction of sp³-hybridized carbons (Fsp3) is 0.579. The number of amides is 1. The Morgan fingerprint density at radius 1 is 1.27 bits per heavy atom. The minimum Gasteiger partial charge on any atom is -0.350 e. The summed E-state index contributed by atoms with van der Waals surface area (Å²) in [5, 5.41) is 10.6. The van der Waals surface area contributed by atoms with E-state index in [1.807, 2.05) is 27.7 Å². The van der Waals surface area contributed by atoms with Crippen LogP contribution >= 0.6 is 22.7 Å². The number of rotatable bonds is 5. The molecule has 3 heterocycles. The van der Waals surface area contributed by atoms with Gasteiger partial charge in [-0.15, -0.1) is 11.3 Å². The van der Waals surface area contributed by atoms with Crippen molar-refractivity contribution in [3.8, 4) is 10.6 Å². The third-order valence-electron chi connectivity index (χ3n) is 4.54. The predicted molar refractivity (Wildman–Crippen MR) is 110 cm³/mol. The Labute approximate surface area is 164 Å². The number of carbonyl (C=O) groups excluding carboxylic acids is 1. The summed E-state index contributed by atoms with van der Waals surface area (Å²) in [6, 6.07) is 2.04. The summed E-state index contributed by atoms with van der Waals surface area (Å²) in [5.74, 6) is 0.117. The first kappa shape index (κ1) is 19.5. The molecule has 0 aliphatic carbocycles. The second-order valence-electron chi connectivity index (χ2n) is 7.88. The van der Waals surface area contributed by atoms with Crippen LogP contribution in [0.5, 0.6) is 0 Å². The number of thiophene rings is 1. The first-order valence-corrected chi connectivity index (χ1v) is 10.9. The van der Waals surface area contributed by atoms with Crippen LogP contribution in [-0.2, 0) is 11.3 Å². The average molecular weight is 393 g/mol. The van der Waals surface area contributed by atoms with E-state index in [2.05, 4.69) is 37.3 Å². The van der Waals surface area contributed by atoms with Crippen LogP contribution in [0.2, 0.25) is 0 Å². The van der Waals surface area contributed by atoms with Crippen LogP contribution in [-0.4, -0.2) is 58.5 Å². The molecule has 7 heteroatoms. The normalized spacial score (nSPS) is 18.0. The zero-order valence-electron chi connectivity index (χ0n) is 16.0. The smallest absolute Gasteiger partial charge is 0.237 e. The summed E-state index contributed by atoms with van der Waals surface area (Å²) >= 11 is 3.42. The molecule has 142 valence electrons. The quantitative estimate of drug-likeness (QED) is 0.848. The highest BCUT2D eigenvalue weighted by Gasteiger charge is 2.27. The highest BCUT2D eigenvalue weighted by Crippen LogP contribution is 2.26. The minimum atomic E-state index is -0.183. The van der Waals surface area contributed by atoms with Crippen molar-refractivity contribution in [2.45, 2.75) is 45.8 Å². The van der Waals surface area contributed by atoms with Gasteiger partial charge in [0, 0.05) is 54.6 Å². The van der Waals surface area contributed by atoms with Crippen molar-refractivity contribution >= 4 is 28.6 Å². The predicted octanol–water partition coefficient (Wildman–Crippen LogP) is 3.29. The topological polar surface area (TPSA) is 48.5 Å². The molecule has 0 saturated carbocycles. The van der Waals surface area contributed by atoms with Gasteiger partial charge in [-0.1, -0.05) is 0 Å². The van der Waals surface area contributed by atoms with Gasteiger partial charge in [0.1, 0.15) is 5.01 Å². The number of piperazine rings is 1. The van der Waals surface area contributed by atoms with E-state index in [0.29, 0.717) is 0 Å². The lowest BCUT2D eigenvalue weighted by atomic mass is 10.1. The molecule has 1 atom stereocenters. The number of nitrogens with zero attached hydrogens (tertiary/aromatic N) is 3. The molecule has 5 nitrogen and oxygen atoms in total. The van der Waals surface area contributed by atoms with Crippen molar-refractivity contribution in [2.75, 3.05) is 26.2 Å². The number of thiazole rings is 1. The molecule has 1 fully saturated rings. The Morgan fingerprint density at radius 2 is 2.00 bits per heavy atom. The van der Waals surface area contributed by atoms with Gasteiger partial charge in [-0.25, -0.2) is 4.98 Å². The van der Waals surface area contributed by atoms with Crippen LogP contribution in [0.1, 0.15) is 33.4 Å². The summed E-state index contributed by atoms with van der Waals surface area (Å²) in [6.45, 7) is 12.7. The van der Waals surface area contributed by atoms with Crippen LogP contribution in [0.4, 0.5) is 0 Å². The second kappa shape index (κ2) is 8.17. The van der Waals surface area contributed by atoms with E-state index in [1.54, 1.807) is 22.7 Å². The van der Waals surface area contributed by atoms with Crippen molar-refractivity contribution < 1.29 is 4.79 Å². The monoisotopic (exact) mass is 392 g/mol. The fourth-order valence-electron chi connectivity index (χ4n) is 3.08. The third-order valence-corrected chi connectivity index (χ3v) is 6.16. The molecule has 3 rings (SSSR count). The second-order valence-corrected chi connectivity index (χ2v) is 9.52. The number of nitrogens with one attached hydrogen (secondary N) is 1. The maximum atomic E-state index is 12.4. The molecule has 0 aromatic carbocycles. The van der Waals surface area contributed by atoms with Crippen molar-refractivity contribution in [2.24, 2.45) is 0 Å². The van der Waals surface area contributed by atoms with Gasteiger partial charge in [0.05, 0.1) is 11.7 Å². The number of carbonyl (C=O) groups is 1. The van der Waals surface area contributed by atoms with Crippen LogP contribution in [0.25, 0.3) is 10.6 Å². The summed E-state index contributed by atoms with van der Waals surface area (Å²) < 4.78 is 0. The fourth-order valence-corrected chi connectivity index (χ4v) is 4.60. The molecule has 1 aliphatic heterocycles. The standard InChI is InChI=1S/C19H28N4OS2/c1-14(17(24)21-19(2,3)4)23-8-6-22(7-9-23)11-16-13-26-18(20-16)15-5-10-25-12-15/h5,10,12-14H,6-9,11H2,1-4H3,(H,21,24)/t14-/m0/s1. The zero-order chi connectivity index (χ0) is 18.7. The largest absolute Gasteiger partial charge is 0.350 e. The van der Waals surface area contributed by atoms with Gasteiger partial charge in [-0.2, -0.15) is 11.3 Å². The Bertz CT molecular complexity index is 712. The molecule has 26 heavy (non-hydrogen) atoms. The van der Waals surface area contributed by atoms with Crippen molar-refractivity contribution in [1.29, 1.82) is 0 Å². The van der Waals surface area contributed by atoms with E-state index >= 15 is 0 Å². The molecule has 1 amide bonds. The summed E-state index contributed by atoms with van der Waals surface area (Å²) in [4.78, 5) is 21.8. The van der Waals surface area contributed by atoms with Gasteiger partial charge in [-0.3, -0.25) is 14.6 Å². The number of hydrogen-bond donors (Lipinski definition) is 1. The Kier molecular flexibility index (Phi) is 6.12. The van der Waals surface area contributed by atoms with E-state index in [9.17, 15) is 4.79 Å². The van der Waals surface area contributed by atoms with E-state index in [4.69, 9.17) is 4.98 Å². The maximum Gasteiger partial charge on any atom is 0.237 e. The van der Waals surface area contributed by atoms with Crippen LogP contribution in [0.3, 0.4) is 0 Å². The minimum absolute atomic E-state index is 0.0826. The summed E-state index contributed by atoms with van der Waals surface area (Å²) in [5.41, 5.74) is 2.18. The lowest BCUT2D eigenvalue weighted by Gasteiger charge is -2.38. The first-order chi connectivity index (χ1) is 12.3. The Hall–Kier alpha value is -1.28. The highest BCUT2D eigenvalue weighted by atomic mass is 32.1. The highest BCUT2D eigenvalue weighted by molar-refractivity contribution is 7.14. The summed E-state index contributed by atoms with van der Waals surface area (Å²) in [7, 11) is 0. The van der Waals surface area contributed by atoms with E-state index < -0.39 is 0 Å². The summed E-state index contributed by atoms with van der Waals surface area (Å²) in [6.07, 6.45) is 0. The lowest BCUT2D eigenvalue weighted by Crippen LogP contribution is -2.56.